The van der Waals surface area contributed by atoms with Gasteiger partial charge in [0.05, 0.1) is 5.52 Å². The summed E-state index contributed by atoms with van der Waals surface area (Å²) in [5.41, 5.74) is 5.31. The summed E-state index contributed by atoms with van der Waals surface area (Å²) < 4.78 is 0. The van der Waals surface area contributed by atoms with E-state index in [0.717, 1.165) is 30.4 Å². The standard InChI is InChI=1S/C21H26N6.C2H6/c1-3-15-27(22)25-20-18-12-8-9-13-19(18)23-21(24-20)26(4-2)16-14-17-10-6-5-7-11-17;1-2/h3,5-13,15H,4,14,16,22H2,1-2H3,(H,23,24,25);1-2H3/b15-3-;. The molecule has 154 valence electrons. The Morgan fingerprint density at radius 3 is 2.38 bits per heavy atom. The number of hydrogen-bond donors (Lipinski definition) is 2. The van der Waals surface area contributed by atoms with Crippen molar-refractivity contribution in [2.24, 2.45) is 5.84 Å². The quantitative estimate of drug-likeness (QED) is 0.425. The largest absolute Gasteiger partial charge is 0.341 e. The van der Waals surface area contributed by atoms with Gasteiger partial charge >= 0.3 is 0 Å². The van der Waals surface area contributed by atoms with Crippen molar-refractivity contribution in [3.8, 4) is 0 Å². The smallest absolute Gasteiger partial charge is 0.227 e. The van der Waals surface area contributed by atoms with Crippen LogP contribution in [0, 0.1) is 0 Å². The molecule has 2 aromatic carbocycles. The van der Waals surface area contributed by atoms with Crippen LogP contribution in [0.3, 0.4) is 0 Å². The molecule has 0 aliphatic carbocycles. The molecule has 0 saturated carbocycles. The highest BCUT2D eigenvalue weighted by atomic mass is 15.7. The van der Waals surface area contributed by atoms with Gasteiger partial charge < -0.3 is 4.90 Å². The highest BCUT2D eigenvalue weighted by Crippen LogP contribution is 2.23. The molecule has 3 aromatic rings. The van der Waals surface area contributed by atoms with E-state index < -0.39 is 0 Å². The molecule has 0 aliphatic rings. The molecule has 1 aromatic heterocycles. The van der Waals surface area contributed by atoms with Crippen LogP contribution in [0.15, 0.2) is 66.9 Å². The molecule has 6 nitrogen and oxygen atoms in total. The fraction of sp³-hybridized carbons (Fsp3) is 0.304. The van der Waals surface area contributed by atoms with Gasteiger partial charge in [-0.05, 0) is 38.0 Å². The number of hydrazine groups is 2. The van der Waals surface area contributed by atoms with Gasteiger partial charge in [-0.3, -0.25) is 5.43 Å². The lowest BCUT2D eigenvalue weighted by Gasteiger charge is -2.23. The van der Waals surface area contributed by atoms with Crippen LogP contribution in [0.5, 0.6) is 0 Å². The third kappa shape index (κ3) is 6.19. The van der Waals surface area contributed by atoms with Gasteiger partial charge in [-0.25, -0.2) is 15.9 Å². The van der Waals surface area contributed by atoms with Gasteiger partial charge in [0.1, 0.15) is 0 Å². The molecule has 0 aliphatic heterocycles. The Bertz CT molecular complexity index is 894. The van der Waals surface area contributed by atoms with Crippen LogP contribution in [0.1, 0.15) is 33.3 Å². The lowest BCUT2D eigenvalue weighted by atomic mass is 10.1. The van der Waals surface area contributed by atoms with Crippen molar-refractivity contribution in [2.75, 3.05) is 23.4 Å². The van der Waals surface area contributed by atoms with E-state index >= 15 is 0 Å². The Balaban J connectivity index is 0.00000145. The van der Waals surface area contributed by atoms with E-state index in [4.69, 9.17) is 15.8 Å². The first-order chi connectivity index (χ1) is 14.2. The minimum atomic E-state index is 0.689. The van der Waals surface area contributed by atoms with Crippen LogP contribution in [-0.2, 0) is 6.42 Å². The molecule has 29 heavy (non-hydrogen) atoms. The van der Waals surface area contributed by atoms with Crippen molar-refractivity contribution in [1.29, 1.82) is 0 Å². The van der Waals surface area contributed by atoms with E-state index in [1.807, 2.05) is 57.2 Å². The Kier molecular flexibility index (Phi) is 8.92. The maximum atomic E-state index is 5.96. The molecule has 0 saturated heterocycles. The van der Waals surface area contributed by atoms with E-state index in [9.17, 15) is 0 Å². The summed E-state index contributed by atoms with van der Waals surface area (Å²) in [6.07, 6.45) is 4.54. The van der Waals surface area contributed by atoms with Crippen molar-refractivity contribution < 1.29 is 0 Å². The van der Waals surface area contributed by atoms with Gasteiger partial charge in [0.2, 0.25) is 5.95 Å². The second kappa shape index (κ2) is 11.7. The number of para-hydroxylation sites is 1. The molecule has 3 N–H and O–H groups in total. The third-order valence-electron chi connectivity index (χ3n) is 4.31. The van der Waals surface area contributed by atoms with Gasteiger partial charge in [-0.1, -0.05) is 62.4 Å². The van der Waals surface area contributed by atoms with Crippen LogP contribution in [0.4, 0.5) is 11.8 Å². The second-order valence-corrected chi connectivity index (χ2v) is 6.21. The normalized spacial score (nSPS) is 10.5. The summed E-state index contributed by atoms with van der Waals surface area (Å²) in [5.74, 6) is 7.35. The monoisotopic (exact) mass is 392 g/mol. The van der Waals surface area contributed by atoms with Crippen LogP contribution >= 0.6 is 0 Å². The van der Waals surface area contributed by atoms with Crippen molar-refractivity contribution in [3.63, 3.8) is 0 Å². The zero-order chi connectivity index (χ0) is 21.1. The SMILES string of the molecule is C/C=C\N(N)Nc1nc(N(CC)CCc2ccccc2)nc2ccccc12.CC. The van der Waals surface area contributed by atoms with E-state index in [0.29, 0.717) is 11.8 Å². The molecule has 0 bridgehead atoms. The van der Waals surface area contributed by atoms with Gasteiger partial charge in [0, 0.05) is 24.7 Å². The zero-order valence-corrected chi connectivity index (χ0v) is 17.8. The van der Waals surface area contributed by atoms with Crippen LogP contribution in [0.25, 0.3) is 10.9 Å². The average Bonchev–Trinajstić information content (AvgIpc) is 2.76. The fourth-order valence-electron chi connectivity index (χ4n) is 2.92. The number of allylic oxidation sites excluding steroid dienone is 1. The van der Waals surface area contributed by atoms with E-state index in [-0.39, 0.29) is 0 Å². The topological polar surface area (TPSA) is 70.3 Å². The first-order valence-electron chi connectivity index (χ1n) is 10.2. The molecule has 0 spiro atoms. The Labute approximate surface area is 174 Å². The number of fused-ring (bicyclic) bond motifs is 1. The summed E-state index contributed by atoms with van der Waals surface area (Å²) >= 11 is 0. The molecule has 0 amide bonds. The minimum absolute atomic E-state index is 0.689. The average molecular weight is 393 g/mol. The van der Waals surface area contributed by atoms with E-state index in [1.54, 1.807) is 6.20 Å². The maximum Gasteiger partial charge on any atom is 0.227 e. The van der Waals surface area contributed by atoms with E-state index in [2.05, 4.69) is 41.5 Å². The van der Waals surface area contributed by atoms with Crippen molar-refractivity contribution in [3.05, 3.63) is 72.4 Å². The summed E-state index contributed by atoms with van der Waals surface area (Å²) in [6.45, 7) is 9.70. The molecule has 6 heteroatoms. The number of nitrogens with one attached hydrogen (secondary N) is 1. The lowest BCUT2D eigenvalue weighted by Crippen LogP contribution is -2.32. The summed E-state index contributed by atoms with van der Waals surface area (Å²) in [6, 6.07) is 18.4. The second-order valence-electron chi connectivity index (χ2n) is 6.21. The number of nitrogens with two attached hydrogens (primary N) is 1. The molecule has 0 fully saturated rings. The molecule has 1 heterocycles. The predicted octanol–water partition coefficient (Wildman–Crippen LogP) is 4.76. The van der Waals surface area contributed by atoms with Crippen LogP contribution in [-0.4, -0.2) is 28.2 Å². The minimum Gasteiger partial charge on any atom is -0.341 e. The number of benzene rings is 2. The maximum absolute atomic E-state index is 5.96. The Hall–Kier alpha value is -3.12. The number of nitrogens with zero attached hydrogens (tertiary/aromatic N) is 4. The van der Waals surface area contributed by atoms with Gasteiger partial charge in [-0.15, -0.1) is 0 Å². The van der Waals surface area contributed by atoms with Gasteiger partial charge in [0.15, 0.2) is 5.82 Å². The van der Waals surface area contributed by atoms with Crippen molar-refractivity contribution in [2.45, 2.75) is 34.1 Å². The molecule has 0 radical (unpaired) electrons. The summed E-state index contributed by atoms with van der Waals surface area (Å²) in [4.78, 5) is 11.7. The first-order valence-corrected chi connectivity index (χ1v) is 10.2. The van der Waals surface area contributed by atoms with Crippen molar-refractivity contribution in [1.82, 2.24) is 15.1 Å². The molecular weight excluding hydrogens is 360 g/mol. The van der Waals surface area contributed by atoms with Crippen molar-refractivity contribution >= 4 is 22.7 Å². The van der Waals surface area contributed by atoms with Crippen LogP contribution in [0.2, 0.25) is 0 Å². The Morgan fingerprint density at radius 2 is 1.69 bits per heavy atom. The van der Waals surface area contributed by atoms with Crippen LogP contribution < -0.4 is 16.2 Å². The van der Waals surface area contributed by atoms with Gasteiger partial charge in [0.25, 0.3) is 0 Å². The number of likely N-dealkylation sites (N-methyl/N-ethyl adjacent to an activating group) is 1. The first kappa shape index (κ1) is 22.2. The van der Waals surface area contributed by atoms with Gasteiger partial charge in [-0.2, -0.15) is 4.98 Å². The lowest BCUT2D eigenvalue weighted by molar-refractivity contribution is 0.472. The predicted molar refractivity (Wildman–Crippen MR) is 123 cm³/mol. The molecule has 0 unspecified atom stereocenters. The summed E-state index contributed by atoms with van der Waals surface area (Å²) in [7, 11) is 0. The highest BCUT2D eigenvalue weighted by molar-refractivity contribution is 5.89. The fourth-order valence-corrected chi connectivity index (χ4v) is 2.92. The molecule has 3 rings (SSSR count). The zero-order valence-electron chi connectivity index (χ0n) is 17.8. The number of hydrogen-bond acceptors (Lipinski definition) is 6. The van der Waals surface area contributed by atoms with E-state index in [1.165, 1.54) is 10.7 Å². The molecule has 0 atom stereocenters. The summed E-state index contributed by atoms with van der Waals surface area (Å²) in [5, 5.41) is 2.33. The highest BCUT2D eigenvalue weighted by Gasteiger charge is 2.13. The Morgan fingerprint density at radius 1 is 1.00 bits per heavy atom. The number of aromatic nitrogens is 2. The molecular formula is C23H32N6. The number of anilines is 2. The third-order valence-corrected chi connectivity index (χ3v) is 4.31. The number of rotatable bonds is 8.